The fraction of sp³-hybridized carbons (Fsp3) is 0.0755. The van der Waals surface area contributed by atoms with E-state index in [9.17, 15) is 4.79 Å². The van der Waals surface area contributed by atoms with E-state index >= 15 is 0 Å². The van der Waals surface area contributed by atoms with Gasteiger partial charge in [0, 0.05) is 59.6 Å². The summed E-state index contributed by atoms with van der Waals surface area (Å²) in [5.41, 5.74) is 73.4. The molecule has 4 aliphatic rings. The van der Waals surface area contributed by atoms with Crippen molar-refractivity contribution in [3.05, 3.63) is 190 Å². The third-order valence-electron chi connectivity index (χ3n) is 13.0. The lowest BCUT2D eigenvalue weighted by atomic mass is 9.70. The third kappa shape index (κ3) is 6.10. The summed E-state index contributed by atoms with van der Waals surface area (Å²) < 4.78 is 0. The number of carbonyl (C=O) groups excluding carboxylic acids is 1. The number of hydrogen-bond acceptors (Lipinski definition) is 9. The zero-order valence-corrected chi connectivity index (χ0v) is 35.9. The molecule has 0 saturated heterocycles. The highest BCUT2D eigenvalue weighted by atomic mass is 16.1. The van der Waals surface area contributed by atoms with E-state index < -0.39 is 10.8 Å². The summed E-state index contributed by atoms with van der Waals surface area (Å²) in [6, 6.07) is 49.1. The lowest BCUT2D eigenvalue weighted by Gasteiger charge is -2.31. The largest absolute Gasteiger partial charge is 0.412 e. The van der Waals surface area contributed by atoms with E-state index in [0.717, 1.165) is 141 Å². The van der Waals surface area contributed by atoms with Gasteiger partial charge >= 0.3 is 0 Å². The molecule has 20 N–H and O–H groups in total. The molecule has 0 bridgehead atoms. The molecule has 8 aromatic carbocycles. The van der Waals surface area contributed by atoms with Gasteiger partial charge in [0.05, 0.1) is 10.8 Å². The molecular weight excluding hydrogens is 811 g/mol. The van der Waals surface area contributed by atoms with E-state index in [1.54, 1.807) is 14.1 Å². The van der Waals surface area contributed by atoms with Crippen LogP contribution in [-0.4, -0.2) is 36.4 Å². The van der Waals surface area contributed by atoms with Crippen molar-refractivity contribution in [3.63, 3.8) is 0 Å². The van der Waals surface area contributed by atoms with Crippen molar-refractivity contribution in [2.75, 3.05) is 60.0 Å². The van der Waals surface area contributed by atoms with Gasteiger partial charge in [0.1, 0.15) is 0 Å². The topological polar surface area (TPSA) is 291 Å². The lowest BCUT2D eigenvalue weighted by molar-refractivity contribution is -0.115. The molecule has 4 aliphatic carbocycles. The van der Waals surface area contributed by atoms with E-state index in [1.807, 2.05) is 48.5 Å². The van der Waals surface area contributed by atoms with Crippen LogP contribution in [0.5, 0.6) is 0 Å². The van der Waals surface area contributed by atoms with Crippen molar-refractivity contribution in [3.8, 4) is 44.5 Å². The number of nitrogens with two attached hydrogens (primary N) is 8. The SMILES string of the molecule is CN(C)C=O.Nc1ccc2c(c1)C1(c3cc(N)ccc3-2)c2cc(N)ccc2-c2ccc(N)cc21.Nc1ccc2c(c1)C1(c3cc(N)ccc3-2)c2cc(N)ccc2-c2ccc(N)cc21.O.O. The Balaban J connectivity index is 0.000000156. The Morgan fingerprint density at radius 1 is 0.308 bits per heavy atom. The van der Waals surface area contributed by atoms with E-state index in [0.29, 0.717) is 0 Å². The maximum absolute atomic E-state index is 9.43. The van der Waals surface area contributed by atoms with E-state index in [1.165, 1.54) is 4.90 Å². The van der Waals surface area contributed by atoms with Crippen molar-refractivity contribution >= 4 is 51.9 Å². The van der Waals surface area contributed by atoms with Crippen molar-refractivity contribution < 1.29 is 15.7 Å². The van der Waals surface area contributed by atoms with Crippen molar-refractivity contribution in [1.29, 1.82) is 0 Å². The molecule has 0 aliphatic heterocycles. The summed E-state index contributed by atoms with van der Waals surface area (Å²) in [6.45, 7) is 0. The fourth-order valence-corrected chi connectivity index (χ4v) is 10.6. The zero-order chi connectivity index (χ0) is 44.1. The average Bonchev–Trinajstić information content (AvgIpc) is 3.90. The zero-order valence-electron chi connectivity index (χ0n) is 35.9. The smallest absolute Gasteiger partial charge is 0.209 e. The maximum atomic E-state index is 9.43. The second kappa shape index (κ2) is 15.4. The molecule has 326 valence electrons. The van der Waals surface area contributed by atoms with Crippen LogP contribution in [0.3, 0.4) is 0 Å². The molecule has 0 unspecified atom stereocenters. The van der Waals surface area contributed by atoms with Gasteiger partial charge in [-0.05, 0) is 186 Å². The summed E-state index contributed by atoms with van der Waals surface area (Å²) in [5.74, 6) is 0. The first-order chi connectivity index (χ1) is 30.3. The second-order valence-corrected chi connectivity index (χ2v) is 17.0. The minimum Gasteiger partial charge on any atom is -0.412 e. The first-order valence-corrected chi connectivity index (χ1v) is 20.6. The Bertz CT molecular complexity index is 2620. The molecule has 0 saturated carbocycles. The highest BCUT2D eigenvalue weighted by Crippen LogP contribution is 2.65. The first-order valence-electron chi connectivity index (χ1n) is 20.6. The summed E-state index contributed by atoms with van der Waals surface area (Å²) >= 11 is 0. The van der Waals surface area contributed by atoms with Crippen molar-refractivity contribution in [2.45, 2.75) is 10.8 Å². The number of anilines is 8. The molecule has 0 atom stereocenters. The average molecular weight is 862 g/mol. The number of benzene rings is 8. The molecule has 1 amide bonds. The summed E-state index contributed by atoms with van der Waals surface area (Å²) in [6.07, 6.45) is 0.750. The van der Waals surface area contributed by atoms with Gasteiger partial charge in [-0.1, -0.05) is 48.5 Å². The predicted octanol–water partition coefficient (Wildman–Crippen LogP) is 6.77. The Morgan fingerprint density at radius 3 is 0.538 bits per heavy atom. The van der Waals surface area contributed by atoms with Crippen LogP contribution in [0.1, 0.15) is 44.5 Å². The number of nitrogen functional groups attached to an aromatic ring is 8. The van der Waals surface area contributed by atoms with E-state index in [-0.39, 0.29) is 11.0 Å². The molecule has 0 heterocycles. The molecule has 12 nitrogen and oxygen atoms in total. The van der Waals surface area contributed by atoms with Gasteiger partial charge in [0.15, 0.2) is 0 Å². The van der Waals surface area contributed by atoms with Gasteiger partial charge in [0.2, 0.25) is 6.41 Å². The molecule has 12 heteroatoms. The highest BCUT2D eigenvalue weighted by Gasteiger charge is 2.53. The number of fused-ring (bicyclic) bond motifs is 20. The summed E-state index contributed by atoms with van der Waals surface area (Å²) in [7, 11) is 3.38. The van der Waals surface area contributed by atoms with Gasteiger partial charge in [-0.15, -0.1) is 0 Å². The molecular formula is C53H51N9O3. The van der Waals surface area contributed by atoms with Crippen LogP contribution in [0, 0.1) is 0 Å². The molecule has 0 fully saturated rings. The number of rotatable bonds is 1. The number of amides is 1. The lowest BCUT2D eigenvalue weighted by Crippen LogP contribution is -2.26. The Hall–Kier alpha value is -8.45. The van der Waals surface area contributed by atoms with Crippen LogP contribution in [0.15, 0.2) is 146 Å². The Morgan fingerprint density at radius 2 is 0.431 bits per heavy atom. The number of carbonyl (C=O) groups is 1. The molecule has 0 radical (unpaired) electrons. The molecule has 2 spiro atoms. The molecule has 8 aromatic rings. The summed E-state index contributed by atoms with van der Waals surface area (Å²) in [4.78, 5) is 10.9. The number of hydrogen-bond donors (Lipinski definition) is 8. The van der Waals surface area contributed by atoms with Crippen LogP contribution in [-0.2, 0) is 15.6 Å². The molecule has 65 heavy (non-hydrogen) atoms. The second-order valence-electron chi connectivity index (χ2n) is 17.0. The molecule has 0 aromatic heterocycles. The highest BCUT2D eigenvalue weighted by molar-refractivity contribution is 5.99. The predicted molar refractivity (Wildman–Crippen MR) is 268 cm³/mol. The maximum Gasteiger partial charge on any atom is 0.209 e. The third-order valence-corrected chi connectivity index (χ3v) is 13.0. The standard InChI is InChI=1S/2C25H20N4.C3H7NO.2H2O/c2*26-13-1-5-17-18-6-2-14(27)10-22(18)25(21(17)9-13)23-11-15(28)3-7-19(23)20-8-4-16(29)12-24(20)25;1-4(2)3-5;;/h2*1-12H,26-29H2;3H,1-2H3;2*1H2. The Labute approximate surface area is 376 Å². The van der Waals surface area contributed by atoms with Crippen LogP contribution in [0.25, 0.3) is 44.5 Å². The normalized spacial score (nSPS) is 13.3. The van der Waals surface area contributed by atoms with Crippen molar-refractivity contribution in [2.24, 2.45) is 0 Å². The van der Waals surface area contributed by atoms with E-state index in [4.69, 9.17) is 45.9 Å². The fourth-order valence-electron chi connectivity index (χ4n) is 10.6. The van der Waals surface area contributed by atoms with Gasteiger partial charge in [-0.2, -0.15) is 0 Å². The monoisotopic (exact) mass is 861 g/mol. The number of nitrogens with zero attached hydrogens (tertiary/aromatic N) is 1. The minimum atomic E-state index is -0.537. The molecule has 12 rings (SSSR count). The summed E-state index contributed by atoms with van der Waals surface area (Å²) in [5, 5.41) is 0. The Kier molecular flexibility index (Phi) is 10.2. The van der Waals surface area contributed by atoms with Crippen LogP contribution < -0.4 is 45.9 Å². The van der Waals surface area contributed by atoms with Gasteiger partial charge in [-0.25, -0.2) is 0 Å². The first kappa shape index (κ1) is 43.2. The van der Waals surface area contributed by atoms with Crippen molar-refractivity contribution in [1.82, 2.24) is 4.90 Å². The van der Waals surface area contributed by atoms with E-state index in [2.05, 4.69) is 97.1 Å². The van der Waals surface area contributed by atoms with Gasteiger partial charge in [-0.3, -0.25) is 4.79 Å². The van der Waals surface area contributed by atoms with Gasteiger partial charge in [0.25, 0.3) is 0 Å². The minimum absolute atomic E-state index is 0. The van der Waals surface area contributed by atoms with Gasteiger partial charge < -0.3 is 61.7 Å². The van der Waals surface area contributed by atoms with Crippen LogP contribution >= 0.6 is 0 Å². The van der Waals surface area contributed by atoms with Crippen LogP contribution in [0.4, 0.5) is 45.5 Å². The van der Waals surface area contributed by atoms with Crippen LogP contribution in [0.2, 0.25) is 0 Å². The quantitative estimate of drug-likeness (QED) is 0.0637.